The SMILES string of the molecule is Cc1noc(C)c1S(=O)(=O)Nc1ccc2c(c1)N(C(=O)c1ccccc1)CCC2. The number of carbonyl (C=O) groups is 1. The van der Waals surface area contributed by atoms with E-state index in [0.717, 1.165) is 24.1 Å². The topological polar surface area (TPSA) is 92.5 Å². The van der Waals surface area contributed by atoms with Crippen LogP contribution >= 0.6 is 0 Å². The van der Waals surface area contributed by atoms with Crippen LogP contribution in [0.5, 0.6) is 0 Å². The van der Waals surface area contributed by atoms with E-state index in [1.165, 1.54) is 0 Å². The van der Waals surface area contributed by atoms with E-state index < -0.39 is 10.0 Å². The molecule has 0 unspecified atom stereocenters. The van der Waals surface area contributed by atoms with Crippen molar-refractivity contribution in [1.82, 2.24) is 5.16 Å². The highest BCUT2D eigenvalue weighted by Gasteiger charge is 2.27. The van der Waals surface area contributed by atoms with Crippen molar-refractivity contribution in [3.05, 3.63) is 71.1 Å². The number of aryl methyl sites for hydroxylation is 3. The number of hydrogen-bond donors (Lipinski definition) is 1. The smallest absolute Gasteiger partial charge is 0.267 e. The first kappa shape index (κ1) is 19.2. The lowest BCUT2D eigenvalue weighted by atomic mass is 10.00. The zero-order chi connectivity index (χ0) is 20.6. The molecule has 0 radical (unpaired) electrons. The van der Waals surface area contributed by atoms with Gasteiger partial charge in [0.2, 0.25) is 0 Å². The second-order valence-electron chi connectivity index (χ2n) is 7.03. The summed E-state index contributed by atoms with van der Waals surface area (Å²) in [6.45, 7) is 3.72. The first-order valence-electron chi connectivity index (χ1n) is 9.32. The normalized spacial score (nSPS) is 13.8. The predicted octanol–water partition coefficient (Wildman–Crippen LogP) is 3.69. The highest BCUT2D eigenvalue weighted by molar-refractivity contribution is 7.92. The molecule has 0 spiro atoms. The summed E-state index contributed by atoms with van der Waals surface area (Å²) >= 11 is 0. The number of benzene rings is 2. The minimum absolute atomic E-state index is 0.0347. The molecule has 0 atom stereocenters. The molecule has 7 nitrogen and oxygen atoms in total. The van der Waals surface area contributed by atoms with E-state index in [4.69, 9.17) is 4.52 Å². The van der Waals surface area contributed by atoms with E-state index in [2.05, 4.69) is 9.88 Å². The van der Waals surface area contributed by atoms with Crippen LogP contribution in [0, 0.1) is 13.8 Å². The molecule has 1 aliphatic heterocycles. The third kappa shape index (κ3) is 3.63. The number of rotatable bonds is 4. The monoisotopic (exact) mass is 411 g/mol. The molecule has 2 aromatic carbocycles. The van der Waals surface area contributed by atoms with Crippen molar-refractivity contribution in [2.75, 3.05) is 16.2 Å². The molecule has 0 aliphatic carbocycles. The quantitative estimate of drug-likeness (QED) is 0.707. The third-order valence-electron chi connectivity index (χ3n) is 4.96. The molecule has 1 aromatic heterocycles. The van der Waals surface area contributed by atoms with Gasteiger partial charge in [-0.25, -0.2) is 8.42 Å². The van der Waals surface area contributed by atoms with Gasteiger partial charge in [0.25, 0.3) is 15.9 Å². The van der Waals surface area contributed by atoms with Gasteiger partial charge in [-0.2, -0.15) is 0 Å². The average Bonchev–Trinajstić information content (AvgIpc) is 3.06. The summed E-state index contributed by atoms with van der Waals surface area (Å²) in [5, 5.41) is 3.72. The summed E-state index contributed by atoms with van der Waals surface area (Å²) in [5.74, 6) is 0.131. The molecule has 2 heterocycles. The lowest BCUT2D eigenvalue weighted by Crippen LogP contribution is -2.35. The summed E-state index contributed by atoms with van der Waals surface area (Å²) in [7, 11) is -3.86. The Bertz CT molecular complexity index is 1150. The summed E-state index contributed by atoms with van der Waals surface area (Å²) < 4.78 is 33.2. The Hall–Kier alpha value is -3.13. The van der Waals surface area contributed by atoms with Crippen molar-refractivity contribution < 1.29 is 17.7 Å². The highest BCUT2D eigenvalue weighted by Crippen LogP contribution is 2.32. The first-order valence-corrected chi connectivity index (χ1v) is 10.8. The summed E-state index contributed by atoms with van der Waals surface area (Å²) in [5.41, 5.74) is 3.03. The number of carbonyl (C=O) groups excluding carboxylic acids is 1. The van der Waals surface area contributed by atoms with E-state index in [-0.39, 0.29) is 16.6 Å². The van der Waals surface area contributed by atoms with Gasteiger partial charge >= 0.3 is 0 Å². The van der Waals surface area contributed by atoms with Crippen molar-refractivity contribution in [2.45, 2.75) is 31.6 Å². The van der Waals surface area contributed by atoms with E-state index >= 15 is 0 Å². The highest BCUT2D eigenvalue weighted by atomic mass is 32.2. The molecule has 3 aromatic rings. The molecule has 0 bridgehead atoms. The maximum absolute atomic E-state index is 13.0. The van der Waals surface area contributed by atoms with E-state index in [1.807, 2.05) is 24.3 Å². The summed E-state index contributed by atoms with van der Waals surface area (Å²) in [6.07, 6.45) is 1.69. The Balaban J connectivity index is 1.68. The Labute approximate surface area is 169 Å². The van der Waals surface area contributed by atoms with Crippen LogP contribution in [-0.2, 0) is 16.4 Å². The molecule has 150 valence electrons. The molecule has 4 rings (SSSR count). The van der Waals surface area contributed by atoms with Crippen LogP contribution in [0.15, 0.2) is 57.9 Å². The van der Waals surface area contributed by atoms with Crippen molar-refractivity contribution in [2.24, 2.45) is 0 Å². The predicted molar refractivity (Wildman–Crippen MR) is 110 cm³/mol. The van der Waals surface area contributed by atoms with Crippen LogP contribution in [0.3, 0.4) is 0 Å². The third-order valence-corrected chi connectivity index (χ3v) is 6.58. The molecular weight excluding hydrogens is 390 g/mol. The lowest BCUT2D eigenvalue weighted by molar-refractivity contribution is 0.0985. The number of sulfonamides is 1. The van der Waals surface area contributed by atoms with Crippen LogP contribution in [0.4, 0.5) is 11.4 Å². The maximum atomic E-state index is 13.0. The fraction of sp³-hybridized carbons (Fsp3) is 0.238. The second-order valence-corrected chi connectivity index (χ2v) is 8.65. The summed E-state index contributed by atoms with van der Waals surface area (Å²) in [4.78, 5) is 14.7. The minimum Gasteiger partial charge on any atom is -0.360 e. The van der Waals surface area contributed by atoms with E-state index in [9.17, 15) is 13.2 Å². The molecule has 1 aliphatic rings. The lowest BCUT2D eigenvalue weighted by Gasteiger charge is -2.30. The summed E-state index contributed by atoms with van der Waals surface area (Å²) in [6, 6.07) is 14.4. The van der Waals surface area contributed by atoms with Crippen molar-refractivity contribution in [3.8, 4) is 0 Å². The van der Waals surface area contributed by atoms with E-state index in [0.29, 0.717) is 23.5 Å². The number of nitrogens with zero attached hydrogens (tertiary/aromatic N) is 2. The number of anilines is 2. The number of aromatic nitrogens is 1. The molecule has 0 saturated heterocycles. The van der Waals surface area contributed by atoms with Gasteiger partial charge in [0.15, 0.2) is 10.7 Å². The van der Waals surface area contributed by atoms with Crippen molar-refractivity contribution >= 4 is 27.3 Å². The number of fused-ring (bicyclic) bond motifs is 1. The van der Waals surface area contributed by atoms with Crippen LogP contribution < -0.4 is 9.62 Å². The number of amides is 1. The van der Waals surface area contributed by atoms with Gasteiger partial charge in [-0.15, -0.1) is 0 Å². The molecule has 0 saturated carbocycles. The van der Waals surface area contributed by atoms with Crippen LogP contribution in [-0.4, -0.2) is 26.0 Å². The maximum Gasteiger partial charge on any atom is 0.267 e. The molecule has 8 heteroatoms. The Morgan fingerprint density at radius 2 is 1.90 bits per heavy atom. The Kier molecular flexibility index (Phi) is 4.87. The van der Waals surface area contributed by atoms with Gasteiger partial charge in [-0.3, -0.25) is 9.52 Å². The number of hydrogen-bond acceptors (Lipinski definition) is 5. The Morgan fingerprint density at radius 1 is 1.14 bits per heavy atom. The molecule has 1 amide bonds. The minimum atomic E-state index is -3.86. The van der Waals surface area contributed by atoms with Gasteiger partial charge in [0, 0.05) is 17.8 Å². The van der Waals surface area contributed by atoms with Crippen molar-refractivity contribution in [3.63, 3.8) is 0 Å². The standard InChI is InChI=1S/C21H21N3O4S/c1-14-20(15(2)28-22-14)29(26,27)23-18-11-10-16-9-6-12-24(19(16)13-18)21(25)17-7-4-3-5-8-17/h3-5,7-8,10-11,13,23H,6,9,12H2,1-2H3. The number of nitrogens with one attached hydrogen (secondary N) is 1. The van der Waals surface area contributed by atoms with Gasteiger partial charge in [-0.1, -0.05) is 29.4 Å². The first-order chi connectivity index (χ1) is 13.9. The van der Waals surface area contributed by atoms with Crippen LogP contribution in [0.1, 0.15) is 33.8 Å². The molecule has 0 fully saturated rings. The average molecular weight is 411 g/mol. The second kappa shape index (κ2) is 7.36. The zero-order valence-corrected chi connectivity index (χ0v) is 17.0. The van der Waals surface area contributed by atoms with E-state index in [1.54, 1.807) is 43.0 Å². The van der Waals surface area contributed by atoms with Gasteiger partial charge < -0.3 is 9.42 Å². The Morgan fingerprint density at radius 3 is 2.59 bits per heavy atom. The zero-order valence-electron chi connectivity index (χ0n) is 16.2. The van der Waals surface area contributed by atoms with Gasteiger partial charge in [-0.05, 0) is 56.5 Å². The molecule has 29 heavy (non-hydrogen) atoms. The van der Waals surface area contributed by atoms with Crippen LogP contribution in [0.25, 0.3) is 0 Å². The fourth-order valence-corrected chi connectivity index (χ4v) is 5.03. The molecular formula is C21H21N3O4S. The van der Waals surface area contributed by atoms with Gasteiger partial charge in [0.05, 0.1) is 5.69 Å². The largest absolute Gasteiger partial charge is 0.360 e. The van der Waals surface area contributed by atoms with Crippen LogP contribution in [0.2, 0.25) is 0 Å². The fourth-order valence-electron chi connectivity index (χ4n) is 3.65. The van der Waals surface area contributed by atoms with Crippen molar-refractivity contribution in [1.29, 1.82) is 0 Å². The van der Waals surface area contributed by atoms with Gasteiger partial charge in [0.1, 0.15) is 5.69 Å². The molecule has 1 N–H and O–H groups in total.